The van der Waals surface area contributed by atoms with Gasteiger partial charge in [0.15, 0.2) is 0 Å². The first-order chi connectivity index (χ1) is 1.41. The summed E-state index contributed by atoms with van der Waals surface area (Å²) in [6.45, 7) is 0. The summed E-state index contributed by atoms with van der Waals surface area (Å²) in [4.78, 5) is 1.50. The summed E-state index contributed by atoms with van der Waals surface area (Å²) in [6, 6.07) is 0. The van der Waals surface area contributed by atoms with Gasteiger partial charge in [0.2, 0.25) is 0 Å². The number of hydrogen-bond donors (Lipinski definition) is 0. The van der Waals surface area contributed by atoms with E-state index in [9.17, 15) is 0 Å². The molecule has 0 atom stereocenters. The van der Waals surface area contributed by atoms with Crippen molar-refractivity contribution in [2.75, 3.05) is 0 Å². The third-order valence-electron chi connectivity index (χ3n) is 0. The van der Waals surface area contributed by atoms with Crippen LogP contribution in [0.4, 0.5) is 0 Å². The summed E-state index contributed by atoms with van der Waals surface area (Å²) in [7, 11) is 0. The third kappa shape index (κ3) is 57.9. The molecule has 0 spiro atoms. The molecule has 0 heterocycles. The van der Waals surface area contributed by atoms with Crippen LogP contribution in [-0.4, -0.2) is 0 Å². The summed E-state index contributed by atoms with van der Waals surface area (Å²) in [5, 5.41) is 0. The Morgan fingerprint density at radius 1 is 1.25 bits per heavy atom. The van der Waals surface area contributed by atoms with Crippen molar-refractivity contribution in [3.63, 3.8) is 0 Å². The molecule has 0 N–H and O–H groups in total. The number of rotatable bonds is 0. The van der Waals surface area contributed by atoms with E-state index in [0.29, 0.717) is 0 Å². The Morgan fingerprint density at radius 2 is 1.25 bits per heavy atom. The second-order valence-corrected chi connectivity index (χ2v) is 0.0894. The molecule has 3 nitrogen and oxygen atoms in total. The van der Waals surface area contributed by atoms with Crippen molar-refractivity contribution in [2.24, 2.45) is 0 Å². The summed E-state index contributed by atoms with van der Waals surface area (Å²) in [6.07, 6.45) is 0. The van der Waals surface area contributed by atoms with E-state index in [1.54, 1.807) is 0 Å². The second-order valence-electron chi connectivity index (χ2n) is 0.0894. The molecule has 0 unspecified atom stereocenters. The molecule has 0 bridgehead atoms. The average molecular weight is 243 g/mol. The Hall–Kier alpha value is 0.245. The van der Waals surface area contributed by atoms with Crippen molar-refractivity contribution in [3.8, 4) is 0 Å². The normalized spacial score (nSPS) is 2.00. The van der Waals surface area contributed by atoms with Crippen molar-refractivity contribution in [2.45, 2.75) is 0 Å². The predicted molar refractivity (Wildman–Crippen MR) is 10.1 cm³/mol. The van der Waals surface area contributed by atoms with Gasteiger partial charge in [-0.05, 0) is 0 Å². The molecule has 0 aromatic rings. The topological polar surface area (TPSA) is 58.7 Å². The average Bonchev–Trinajstić information content (AvgIpc) is 0.918. The van der Waals surface area contributed by atoms with E-state index >= 15 is 0 Å². The minimum absolute atomic E-state index is 0. The molecule has 0 fully saturated rings. The van der Waals surface area contributed by atoms with E-state index in [-0.39, 0.29) is 27.7 Å². The van der Waals surface area contributed by atoms with Crippen LogP contribution >= 0.6 is 0 Å². The smallest absolute Gasteiger partial charge is 0.373 e. The summed E-state index contributed by atoms with van der Waals surface area (Å²) >= 11 is 0. The molecule has 0 aromatic carbocycles. The standard InChI is InChI=1S/Hg.N3/c;1-3-2/q+1;-1. The van der Waals surface area contributed by atoms with Gasteiger partial charge in [-0.3, -0.25) is 4.91 Å². The van der Waals surface area contributed by atoms with Gasteiger partial charge in [0, 0.05) is 0 Å². The van der Waals surface area contributed by atoms with Gasteiger partial charge in [0.1, 0.15) is 0 Å². The van der Waals surface area contributed by atoms with Crippen LogP contribution in [0.15, 0.2) is 0 Å². The molecule has 4 heteroatoms. The molecule has 0 amide bonds. The fourth-order valence-electron chi connectivity index (χ4n) is 0. The summed E-state index contributed by atoms with van der Waals surface area (Å²) < 4.78 is 0. The van der Waals surface area contributed by atoms with E-state index in [1.807, 2.05) is 0 Å². The predicted octanol–water partition coefficient (Wildman–Crippen LogP) is 0.864. The monoisotopic (exact) mass is 244 g/mol. The van der Waals surface area contributed by atoms with Gasteiger partial charge in [-0.2, -0.15) is 0 Å². The van der Waals surface area contributed by atoms with Crippen LogP contribution in [0.1, 0.15) is 0 Å². The molecule has 0 aliphatic rings. The Kier molecular flexibility index (Phi) is 23.4. The minimum atomic E-state index is 0. The molecule has 0 aromatic heterocycles. The largest absolute Gasteiger partial charge is 1.00 e. The van der Waals surface area contributed by atoms with Crippen molar-refractivity contribution in [3.05, 3.63) is 16.0 Å². The van der Waals surface area contributed by atoms with Gasteiger partial charge in [-0.1, -0.05) is 0 Å². The van der Waals surface area contributed by atoms with Crippen LogP contribution in [0.3, 0.4) is 0 Å². The molecule has 0 saturated heterocycles. The molecule has 0 aliphatic carbocycles. The van der Waals surface area contributed by atoms with Crippen LogP contribution in [0, 0.1) is 0 Å². The first kappa shape index (κ1) is 8.87. The van der Waals surface area contributed by atoms with Crippen LogP contribution in [0.5, 0.6) is 0 Å². The number of nitrogens with zero attached hydrogens (tertiary/aromatic N) is 3. The molecule has 0 aliphatic heterocycles. The molecular weight excluding hydrogens is 243 g/mol. The van der Waals surface area contributed by atoms with Crippen LogP contribution in [0.2, 0.25) is 0 Å². The van der Waals surface area contributed by atoms with E-state index < -0.39 is 0 Å². The molecule has 0 rings (SSSR count). The second kappa shape index (κ2) is 10.6. The van der Waals surface area contributed by atoms with Gasteiger partial charge in [-0.25, -0.2) is 0 Å². The number of hydrogen-bond acceptors (Lipinski definition) is 0. The molecule has 0 saturated carbocycles. The Morgan fingerprint density at radius 3 is 1.25 bits per heavy atom. The van der Waals surface area contributed by atoms with Crippen LogP contribution in [-0.2, 0) is 27.7 Å². The first-order valence-electron chi connectivity index (χ1n) is 0.400. The minimum Gasteiger partial charge on any atom is -0.373 e. The van der Waals surface area contributed by atoms with Gasteiger partial charge < -0.3 is 11.1 Å². The zero-order valence-corrected chi connectivity index (χ0v) is 7.55. The van der Waals surface area contributed by atoms with Crippen molar-refractivity contribution in [1.82, 2.24) is 0 Å². The molecule has 17 valence electrons. The maximum atomic E-state index is 6.75. The summed E-state index contributed by atoms with van der Waals surface area (Å²) in [5.74, 6) is 0. The van der Waals surface area contributed by atoms with Crippen molar-refractivity contribution in [1.29, 1.82) is 0 Å². The quantitative estimate of drug-likeness (QED) is 0.262. The Labute approximate surface area is 43.9 Å². The van der Waals surface area contributed by atoms with E-state index in [4.69, 9.17) is 11.1 Å². The summed E-state index contributed by atoms with van der Waals surface area (Å²) in [5.41, 5.74) is 13.5. The van der Waals surface area contributed by atoms with Crippen LogP contribution in [0.25, 0.3) is 16.0 Å². The van der Waals surface area contributed by atoms with E-state index in [0.717, 1.165) is 0 Å². The molecular formula is HgN3. The van der Waals surface area contributed by atoms with E-state index in [2.05, 4.69) is 0 Å². The zero-order chi connectivity index (χ0) is 2.71. The van der Waals surface area contributed by atoms with Gasteiger partial charge in [-0.15, -0.1) is 0 Å². The van der Waals surface area contributed by atoms with Crippen molar-refractivity contribution < 1.29 is 27.7 Å². The molecule has 4 heavy (non-hydrogen) atoms. The maximum absolute atomic E-state index is 6.75. The maximum Gasteiger partial charge on any atom is 1.00 e. The third-order valence-corrected chi connectivity index (χ3v) is 0. The zero-order valence-electron chi connectivity index (χ0n) is 2.05. The Bertz CT molecular complexity index is 24.3. The van der Waals surface area contributed by atoms with Crippen LogP contribution < -0.4 is 0 Å². The van der Waals surface area contributed by atoms with Gasteiger partial charge >= 0.3 is 27.7 Å². The molecule has 1 radical (unpaired) electrons. The van der Waals surface area contributed by atoms with Crippen molar-refractivity contribution >= 4 is 0 Å². The Balaban J connectivity index is 0. The fraction of sp³-hybridized carbons (Fsp3) is 0. The SMILES string of the molecule is [Hg+].[N-]=[N+]=[N-]. The first-order valence-corrected chi connectivity index (χ1v) is 0.400. The van der Waals surface area contributed by atoms with Gasteiger partial charge in [0.25, 0.3) is 0 Å². The van der Waals surface area contributed by atoms with Gasteiger partial charge in [0.05, 0.1) is 0 Å². The van der Waals surface area contributed by atoms with E-state index in [1.165, 1.54) is 4.91 Å². The fourth-order valence-corrected chi connectivity index (χ4v) is 0.